The first-order valence-electron chi connectivity index (χ1n) is 4.95. The third kappa shape index (κ3) is 2.73. The van der Waals surface area contributed by atoms with Crippen LogP contribution in [0.3, 0.4) is 0 Å². The zero-order valence-corrected chi connectivity index (χ0v) is 11.3. The van der Waals surface area contributed by atoms with Crippen molar-refractivity contribution in [2.45, 2.75) is 0 Å². The summed E-state index contributed by atoms with van der Waals surface area (Å²) < 4.78 is 0.797. The van der Waals surface area contributed by atoms with E-state index in [9.17, 15) is 4.79 Å². The van der Waals surface area contributed by atoms with Crippen LogP contribution in [0.1, 0.15) is 16.1 Å². The Balaban J connectivity index is 2.17. The summed E-state index contributed by atoms with van der Waals surface area (Å²) in [7, 11) is 0. The lowest BCUT2D eigenvalue weighted by atomic mass is 10.2. The van der Waals surface area contributed by atoms with Crippen molar-refractivity contribution in [3.8, 4) is 6.07 Å². The first kappa shape index (κ1) is 12.7. The SMILES string of the molecule is N#Cc1ccc(NC(=O)c2cc(Br)c[nH]2)cc1Cl. The third-order valence-electron chi connectivity index (χ3n) is 2.24. The van der Waals surface area contributed by atoms with Crippen molar-refractivity contribution >= 4 is 39.1 Å². The third-order valence-corrected chi connectivity index (χ3v) is 3.01. The number of hydrogen-bond acceptors (Lipinski definition) is 2. The van der Waals surface area contributed by atoms with Gasteiger partial charge >= 0.3 is 0 Å². The lowest BCUT2D eigenvalue weighted by molar-refractivity contribution is 0.102. The Hall–Kier alpha value is -1.77. The van der Waals surface area contributed by atoms with Crippen molar-refractivity contribution in [1.82, 2.24) is 4.98 Å². The van der Waals surface area contributed by atoms with Gasteiger partial charge in [-0.3, -0.25) is 4.79 Å². The molecule has 0 atom stereocenters. The largest absolute Gasteiger partial charge is 0.356 e. The van der Waals surface area contributed by atoms with E-state index in [1.54, 1.807) is 24.4 Å². The van der Waals surface area contributed by atoms with Crippen molar-refractivity contribution in [2.24, 2.45) is 0 Å². The average molecular weight is 325 g/mol. The maximum atomic E-state index is 11.8. The normalized spacial score (nSPS) is 9.83. The molecular formula is C12H7BrClN3O. The van der Waals surface area contributed by atoms with E-state index in [-0.39, 0.29) is 5.91 Å². The zero-order valence-electron chi connectivity index (χ0n) is 9.00. The fourth-order valence-electron chi connectivity index (χ4n) is 1.38. The van der Waals surface area contributed by atoms with Crippen LogP contribution in [-0.2, 0) is 0 Å². The molecule has 2 N–H and O–H groups in total. The molecule has 0 saturated heterocycles. The van der Waals surface area contributed by atoms with Gasteiger partial charge in [0, 0.05) is 16.4 Å². The predicted molar refractivity (Wildman–Crippen MR) is 72.6 cm³/mol. The number of hydrogen-bond donors (Lipinski definition) is 2. The van der Waals surface area contributed by atoms with Gasteiger partial charge in [0.05, 0.1) is 10.6 Å². The van der Waals surface area contributed by atoms with Gasteiger partial charge in [-0.25, -0.2) is 0 Å². The molecule has 0 saturated carbocycles. The molecule has 1 aromatic carbocycles. The highest BCUT2D eigenvalue weighted by Crippen LogP contribution is 2.21. The molecule has 1 heterocycles. The Morgan fingerprint density at radius 1 is 1.44 bits per heavy atom. The zero-order chi connectivity index (χ0) is 13.1. The molecule has 2 rings (SSSR count). The van der Waals surface area contributed by atoms with Gasteiger partial charge in [0.1, 0.15) is 11.8 Å². The van der Waals surface area contributed by atoms with E-state index in [1.165, 1.54) is 6.07 Å². The summed E-state index contributed by atoms with van der Waals surface area (Å²) in [6, 6.07) is 8.34. The number of carbonyl (C=O) groups excluding carboxylic acids is 1. The van der Waals surface area contributed by atoms with Gasteiger partial charge in [-0.15, -0.1) is 0 Å². The first-order chi connectivity index (χ1) is 8.60. The van der Waals surface area contributed by atoms with Crippen molar-refractivity contribution in [3.05, 3.63) is 51.2 Å². The van der Waals surface area contributed by atoms with Crippen LogP contribution in [0.4, 0.5) is 5.69 Å². The quantitative estimate of drug-likeness (QED) is 0.887. The van der Waals surface area contributed by atoms with E-state index >= 15 is 0 Å². The molecule has 18 heavy (non-hydrogen) atoms. The summed E-state index contributed by atoms with van der Waals surface area (Å²) in [6.07, 6.45) is 1.67. The number of halogens is 2. The molecular weight excluding hydrogens is 318 g/mol. The van der Waals surface area contributed by atoms with Gasteiger partial charge < -0.3 is 10.3 Å². The highest BCUT2D eigenvalue weighted by molar-refractivity contribution is 9.10. The molecule has 2 aromatic rings. The fraction of sp³-hybridized carbons (Fsp3) is 0. The molecule has 0 bridgehead atoms. The highest BCUT2D eigenvalue weighted by Gasteiger charge is 2.09. The molecule has 0 unspecified atom stereocenters. The van der Waals surface area contributed by atoms with Crippen LogP contribution in [0, 0.1) is 11.3 Å². The highest BCUT2D eigenvalue weighted by atomic mass is 79.9. The van der Waals surface area contributed by atoms with Crippen molar-refractivity contribution in [3.63, 3.8) is 0 Å². The molecule has 90 valence electrons. The van der Waals surface area contributed by atoms with Crippen LogP contribution in [-0.4, -0.2) is 10.9 Å². The number of nitrogens with zero attached hydrogens (tertiary/aromatic N) is 1. The van der Waals surface area contributed by atoms with Gasteiger partial charge in [0.2, 0.25) is 0 Å². The molecule has 0 spiro atoms. The van der Waals surface area contributed by atoms with E-state index in [0.717, 1.165) is 4.47 Å². The van der Waals surface area contributed by atoms with Crippen molar-refractivity contribution in [1.29, 1.82) is 5.26 Å². The summed E-state index contributed by atoms with van der Waals surface area (Å²) >= 11 is 9.12. The summed E-state index contributed by atoms with van der Waals surface area (Å²) in [6.45, 7) is 0. The second kappa shape index (κ2) is 5.25. The second-order valence-electron chi connectivity index (χ2n) is 3.49. The fourth-order valence-corrected chi connectivity index (χ4v) is 1.95. The number of carbonyl (C=O) groups is 1. The minimum absolute atomic E-state index is 0.276. The van der Waals surface area contributed by atoms with E-state index in [1.807, 2.05) is 6.07 Å². The van der Waals surface area contributed by atoms with Gasteiger partial charge in [0.15, 0.2) is 0 Å². The number of nitriles is 1. The molecule has 0 aliphatic heterocycles. The summed E-state index contributed by atoms with van der Waals surface area (Å²) in [5, 5.41) is 11.7. The van der Waals surface area contributed by atoms with Crippen LogP contribution < -0.4 is 5.32 Å². The number of aromatic nitrogens is 1. The average Bonchev–Trinajstić information content (AvgIpc) is 2.76. The number of anilines is 1. The van der Waals surface area contributed by atoms with Gasteiger partial charge in [0.25, 0.3) is 5.91 Å². The predicted octanol–water partition coefficient (Wildman–Crippen LogP) is 3.55. The Morgan fingerprint density at radius 3 is 2.78 bits per heavy atom. The molecule has 0 aliphatic rings. The summed E-state index contributed by atoms with van der Waals surface area (Å²) in [4.78, 5) is 14.6. The van der Waals surface area contributed by atoms with Gasteiger partial charge in [-0.1, -0.05) is 11.6 Å². The second-order valence-corrected chi connectivity index (χ2v) is 4.82. The van der Waals surface area contributed by atoms with Gasteiger partial charge in [-0.2, -0.15) is 5.26 Å². The van der Waals surface area contributed by atoms with Crippen LogP contribution in [0.15, 0.2) is 34.9 Å². The van der Waals surface area contributed by atoms with E-state index in [0.29, 0.717) is 22.0 Å². The summed E-state index contributed by atoms with van der Waals surface area (Å²) in [5.41, 5.74) is 1.34. The number of rotatable bonds is 2. The van der Waals surface area contributed by atoms with Crippen LogP contribution in [0.25, 0.3) is 0 Å². The number of nitrogens with one attached hydrogen (secondary N) is 2. The Bertz CT molecular complexity index is 645. The minimum Gasteiger partial charge on any atom is -0.356 e. The van der Waals surface area contributed by atoms with Crippen LogP contribution >= 0.6 is 27.5 Å². The van der Waals surface area contributed by atoms with Crippen molar-refractivity contribution < 1.29 is 4.79 Å². The number of amides is 1. The van der Waals surface area contributed by atoms with Gasteiger partial charge in [-0.05, 0) is 40.2 Å². The standard InChI is InChI=1S/C12H7BrClN3O/c13-8-3-11(16-6-8)12(18)17-9-2-1-7(5-15)10(14)4-9/h1-4,6,16H,(H,17,18). The maximum Gasteiger partial charge on any atom is 0.272 e. The number of H-pyrrole nitrogens is 1. The lowest BCUT2D eigenvalue weighted by Crippen LogP contribution is -2.12. The summed E-state index contributed by atoms with van der Waals surface area (Å²) in [5.74, 6) is -0.276. The monoisotopic (exact) mass is 323 g/mol. The van der Waals surface area contributed by atoms with Crippen molar-refractivity contribution in [2.75, 3.05) is 5.32 Å². The van der Waals surface area contributed by atoms with E-state index in [2.05, 4.69) is 26.2 Å². The molecule has 1 amide bonds. The topological polar surface area (TPSA) is 68.7 Å². The number of aromatic amines is 1. The van der Waals surface area contributed by atoms with E-state index in [4.69, 9.17) is 16.9 Å². The van der Waals surface area contributed by atoms with E-state index < -0.39 is 0 Å². The minimum atomic E-state index is -0.276. The molecule has 4 nitrogen and oxygen atoms in total. The molecule has 1 aromatic heterocycles. The Kier molecular flexibility index (Phi) is 3.70. The molecule has 0 fully saturated rings. The molecule has 0 aliphatic carbocycles. The van der Waals surface area contributed by atoms with Crippen LogP contribution in [0.2, 0.25) is 5.02 Å². The van der Waals surface area contributed by atoms with Crippen LogP contribution in [0.5, 0.6) is 0 Å². The smallest absolute Gasteiger partial charge is 0.272 e. The number of benzene rings is 1. The Morgan fingerprint density at radius 2 is 2.22 bits per heavy atom. The molecule has 0 radical (unpaired) electrons. The maximum absolute atomic E-state index is 11.8. The first-order valence-corrected chi connectivity index (χ1v) is 6.12. The molecule has 6 heteroatoms. The Labute approximate surface area is 117 Å². The lowest BCUT2D eigenvalue weighted by Gasteiger charge is -2.04.